The molecule has 1 aliphatic rings. The molecule has 0 aromatic carbocycles. The van der Waals surface area contributed by atoms with Gasteiger partial charge in [0.15, 0.2) is 0 Å². The Kier molecular flexibility index (Phi) is 5.07. The van der Waals surface area contributed by atoms with E-state index in [4.69, 9.17) is 0 Å². The molecule has 0 bridgehead atoms. The molecule has 0 amide bonds. The lowest BCUT2D eigenvalue weighted by molar-refractivity contribution is 0.553. The highest BCUT2D eigenvalue weighted by molar-refractivity contribution is 4.89. The fraction of sp³-hybridized carbons (Fsp3) is 0.714. The van der Waals surface area contributed by atoms with Crippen LogP contribution >= 0.6 is 0 Å². The van der Waals surface area contributed by atoms with Crippen molar-refractivity contribution in [3.05, 3.63) is 12.4 Å². The van der Waals surface area contributed by atoms with Gasteiger partial charge >= 0.3 is 0 Å². The van der Waals surface area contributed by atoms with E-state index in [9.17, 15) is 0 Å². The lowest BCUT2D eigenvalue weighted by Gasteiger charge is -2.06. The first kappa shape index (κ1) is 8.34. The molecule has 2 heteroatoms. The van der Waals surface area contributed by atoms with Crippen LogP contribution in [0.2, 0.25) is 0 Å². The summed E-state index contributed by atoms with van der Waals surface area (Å²) in [4.78, 5) is 0. The Morgan fingerprint density at radius 2 is 1.67 bits per heavy atom. The van der Waals surface area contributed by atoms with Crippen LogP contribution in [0.15, 0.2) is 12.4 Å². The molecule has 0 saturated heterocycles. The Morgan fingerprint density at radius 1 is 1.22 bits per heavy atom. The molecule has 2 nitrogen and oxygen atoms in total. The van der Waals surface area contributed by atoms with E-state index in [1.807, 2.05) is 26.2 Å². The molecule has 9 heavy (non-hydrogen) atoms. The van der Waals surface area contributed by atoms with Gasteiger partial charge in [0, 0.05) is 12.4 Å². The zero-order valence-electron chi connectivity index (χ0n) is 6.44. The molecule has 0 radical (unpaired) electrons. The Labute approximate surface area is 57.3 Å². The molecule has 0 unspecified atom stereocenters. The van der Waals surface area contributed by atoms with E-state index in [-0.39, 0.29) is 0 Å². The van der Waals surface area contributed by atoms with Gasteiger partial charge in [0.2, 0.25) is 0 Å². The highest BCUT2D eigenvalue weighted by atomic mass is 15.1. The first-order chi connectivity index (χ1) is 4.43. The Balaban J connectivity index is 0.000000291. The largest absolute Gasteiger partial charge is 0.370 e. The van der Waals surface area contributed by atoms with E-state index < -0.39 is 0 Å². The Hall–Kier alpha value is -0.660. The van der Waals surface area contributed by atoms with Crippen LogP contribution in [0.4, 0.5) is 0 Å². The number of hydrogen-bond acceptors (Lipinski definition) is 2. The van der Waals surface area contributed by atoms with Crippen LogP contribution in [0.25, 0.3) is 0 Å². The topological polar surface area (TPSA) is 24.1 Å². The second-order valence-electron chi connectivity index (χ2n) is 1.63. The van der Waals surface area contributed by atoms with Gasteiger partial charge in [0.25, 0.3) is 0 Å². The van der Waals surface area contributed by atoms with Crippen molar-refractivity contribution in [2.75, 3.05) is 0 Å². The van der Waals surface area contributed by atoms with Crippen molar-refractivity contribution in [1.82, 2.24) is 10.6 Å². The summed E-state index contributed by atoms with van der Waals surface area (Å²) in [5.74, 6) is 0. The molecule has 1 heterocycles. The predicted molar refractivity (Wildman–Crippen MR) is 40.8 cm³/mol. The van der Waals surface area contributed by atoms with Gasteiger partial charge in [0.1, 0.15) is 0 Å². The minimum Gasteiger partial charge on any atom is -0.370 e. The van der Waals surface area contributed by atoms with Crippen LogP contribution < -0.4 is 10.6 Å². The van der Waals surface area contributed by atoms with Crippen LogP contribution in [0.5, 0.6) is 0 Å². The maximum absolute atomic E-state index is 3.11. The summed E-state index contributed by atoms with van der Waals surface area (Å²) < 4.78 is 0. The average Bonchev–Trinajstić information content (AvgIpc) is 2.43. The van der Waals surface area contributed by atoms with Crippen LogP contribution in [0.3, 0.4) is 0 Å². The fourth-order valence-electron chi connectivity index (χ4n) is 0.612. The highest BCUT2D eigenvalue weighted by Crippen LogP contribution is 1.89. The fourth-order valence-corrected chi connectivity index (χ4v) is 0.612. The Morgan fingerprint density at radius 3 is 1.89 bits per heavy atom. The third-order valence-corrected chi connectivity index (χ3v) is 1.09. The van der Waals surface area contributed by atoms with Crippen molar-refractivity contribution in [3.63, 3.8) is 0 Å². The minimum atomic E-state index is 0.486. The standard InChI is InChI=1S/C5H10N2.C2H6/c1-2-5-6-3-4-7-5;1-2/h3-7H,2H2,1H3;1-2H3. The van der Waals surface area contributed by atoms with Crippen LogP contribution in [0, 0.1) is 0 Å². The van der Waals surface area contributed by atoms with E-state index in [1.54, 1.807) is 0 Å². The molecule has 0 atom stereocenters. The number of hydrogen-bond donors (Lipinski definition) is 2. The van der Waals surface area contributed by atoms with Gasteiger partial charge in [-0.15, -0.1) is 0 Å². The molecule has 0 fully saturated rings. The summed E-state index contributed by atoms with van der Waals surface area (Å²) >= 11 is 0. The molecule has 1 aliphatic heterocycles. The van der Waals surface area contributed by atoms with Crippen LogP contribution in [0.1, 0.15) is 27.2 Å². The number of nitrogens with one attached hydrogen (secondary N) is 2. The maximum Gasteiger partial charge on any atom is 0.0953 e. The quantitative estimate of drug-likeness (QED) is 0.558. The van der Waals surface area contributed by atoms with E-state index in [0.717, 1.165) is 6.42 Å². The average molecular weight is 128 g/mol. The van der Waals surface area contributed by atoms with Crippen molar-refractivity contribution in [2.45, 2.75) is 33.4 Å². The van der Waals surface area contributed by atoms with Crippen LogP contribution in [-0.2, 0) is 0 Å². The van der Waals surface area contributed by atoms with Gasteiger partial charge in [-0.3, -0.25) is 0 Å². The Bertz CT molecular complexity index is 71.0. The molecule has 0 aromatic rings. The van der Waals surface area contributed by atoms with Gasteiger partial charge in [0.05, 0.1) is 6.17 Å². The molecule has 0 saturated carbocycles. The number of rotatable bonds is 1. The summed E-state index contributed by atoms with van der Waals surface area (Å²) in [5, 5.41) is 6.23. The monoisotopic (exact) mass is 128 g/mol. The predicted octanol–water partition coefficient (Wildman–Crippen LogP) is 1.41. The summed E-state index contributed by atoms with van der Waals surface area (Å²) in [6.45, 7) is 6.14. The SMILES string of the molecule is CC.CCC1NC=CN1. The summed E-state index contributed by atoms with van der Waals surface area (Å²) in [7, 11) is 0. The molecular weight excluding hydrogens is 112 g/mol. The normalized spacial score (nSPS) is 15.4. The second kappa shape index (κ2) is 5.48. The van der Waals surface area contributed by atoms with E-state index in [2.05, 4.69) is 17.6 Å². The van der Waals surface area contributed by atoms with Crippen molar-refractivity contribution >= 4 is 0 Å². The second-order valence-corrected chi connectivity index (χ2v) is 1.63. The van der Waals surface area contributed by atoms with Crippen LogP contribution in [-0.4, -0.2) is 6.17 Å². The van der Waals surface area contributed by atoms with Gasteiger partial charge in [-0.1, -0.05) is 20.8 Å². The third kappa shape index (κ3) is 3.01. The maximum atomic E-state index is 3.11. The first-order valence-corrected chi connectivity index (χ1v) is 3.60. The third-order valence-electron chi connectivity index (χ3n) is 1.09. The summed E-state index contributed by atoms with van der Waals surface area (Å²) in [6.07, 6.45) is 5.47. The zero-order valence-corrected chi connectivity index (χ0v) is 6.44. The zero-order chi connectivity index (χ0) is 7.11. The van der Waals surface area contributed by atoms with E-state index in [0.29, 0.717) is 6.17 Å². The van der Waals surface area contributed by atoms with Crippen molar-refractivity contribution < 1.29 is 0 Å². The molecule has 0 aliphatic carbocycles. The van der Waals surface area contributed by atoms with Crippen molar-refractivity contribution in [3.8, 4) is 0 Å². The van der Waals surface area contributed by atoms with Crippen molar-refractivity contribution in [1.29, 1.82) is 0 Å². The van der Waals surface area contributed by atoms with Gasteiger partial charge < -0.3 is 10.6 Å². The first-order valence-electron chi connectivity index (χ1n) is 3.60. The highest BCUT2D eigenvalue weighted by Gasteiger charge is 2.01. The minimum absolute atomic E-state index is 0.486. The molecule has 1 rings (SSSR count). The molecular formula is C7H16N2. The summed E-state index contributed by atoms with van der Waals surface area (Å²) in [5.41, 5.74) is 0. The molecule has 0 spiro atoms. The van der Waals surface area contributed by atoms with Gasteiger partial charge in [-0.2, -0.15) is 0 Å². The van der Waals surface area contributed by atoms with Gasteiger partial charge in [-0.25, -0.2) is 0 Å². The van der Waals surface area contributed by atoms with Gasteiger partial charge in [-0.05, 0) is 6.42 Å². The smallest absolute Gasteiger partial charge is 0.0953 e. The molecule has 54 valence electrons. The lowest BCUT2D eigenvalue weighted by atomic mass is 10.4. The van der Waals surface area contributed by atoms with E-state index >= 15 is 0 Å². The van der Waals surface area contributed by atoms with E-state index in [1.165, 1.54) is 0 Å². The van der Waals surface area contributed by atoms with Crippen molar-refractivity contribution in [2.24, 2.45) is 0 Å². The summed E-state index contributed by atoms with van der Waals surface area (Å²) in [6, 6.07) is 0. The lowest BCUT2D eigenvalue weighted by Crippen LogP contribution is -2.29. The molecule has 2 N–H and O–H groups in total. The molecule has 0 aromatic heterocycles.